The van der Waals surface area contributed by atoms with Crippen LogP contribution < -0.4 is 16.4 Å². The summed E-state index contributed by atoms with van der Waals surface area (Å²) < 4.78 is 1.71. The summed E-state index contributed by atoms with van der Waals surface area (Å²) in [4.78, 5) is 17.4. The van der Waals surface area contributed by atoms with Gasteiger partial charge in [-0.3, -0.25) is 0 Å². The summed E-state index contributed by atoms with van der Waals surface area (Å²) in [6.07, 6.45) is 10.3. The van der Waals surface area contributed by atoms with Gasteiger partial charge in [0.2, 0.25) is 17.8 Å². The highest BCUT2D eigenvalue weighted by Crippen LogP contribution is 2.27. The van der Waals surface area contributed by atoms with Crippen LogP contribution in [0.15, 0.2) is 18.6 Å². The van der Waals surface area contributed by atoms with Crippen LogP contribution in [0.25, 0.3) is 5.65 Å². The molecule has 0 amide bonds. The molecule has 10 heteroatoms. The fourth-order valence-corrected chi connectivity index (χ4v) is 3.77. The molecule has 0 bridgehead atoms. The Kier molecular flexibility index (Phi) is 5.70. The number of rotatable bonds is 7. The van der Waals surface area contributed by atoms with Crippen LogP contribution in [0, 0.1) is 5.92 Å². The Labute approximate surface area is 169 Å². The van der Waals surface area contributed by atoms with Gasteiger partial charge in [0.05, 0.1) is 6.20 Å². The summed E-state index contributed by atoms with van der Waals surface area (Å²) in [5.41, 5.74) is 8.27. The Morgan fingerprint density at radius 2 is 1.97 bits per heavy atom. The van der Waals surface area contributed by atoms with Gasteiger partial charge in [0.1, 0.15) is 0 Å². The van der Waals surface area contributed by atoms with Gasteiger partial charge in [0.15, 0.2) is 5.65 Å². The number of aromatic nitrogens is 6. The monoisotopic (exact) mass is 397 g/mol. The Hall–Kier alpha value is -3.01. The van der Waals surface area contributed by atoms with E-state index in [1.54, 1.807) is 16.9 Å². The first-order valence-corrected chi connectivity index (χ1v) is 10.1. The smallest absolute Gasteiger partial charge is 0.229 e. The van der Waals surface area contributed by atoms with Gasteiger partial charge in [0.25, 0.3) is 0 Å². The Morgan fingerprint density at radius 1 is 1.17 bits per heavy atom. The van der Waals surface area contributed by atoms with Crippen molar-refractivity contribution in [3.63, 3.8) is 0 Å². The lowest BCUT2D eigenvalue weighted by molar-refractivity contribution is 0.178. The molecule has 1 saturated carbocycles. The fraction of sp³-hybridized carbons (Fsp3) is 0.526. The van der Waals surface area contributed by atoms with Crippen molar-refractivity contribution in [1.82, 2.24) is 29.5 Å². The third-order valence-corrected chi connectivity index (χ3v) is 5.46. The highest BCUT2D eigenvalue weighted by molar-refractivity contribution is 5.54. The summed E-state index contributed by atoms with van der Waals surface area (Å²) >= 11 is 0. The molecule has 4 rings (SSSR count). The molecule has 5 N–H and O–H groups in total. The maximum atomic E-state index is 9.72. The average Bonchev–Trinajstić information content (AvgIpc) is 3.16. The molecule has 2 atom stereocenters. The van der Waals surface area contributed by atoms with Crippen LogP contribution in [0.2, 0.25) is 0 Å². The number of hydrogen-bond acceptors (Lipinski definition) is 9. The molecule has 1 aliphatic carbocycles. The summed E-state index contributed by atoms with van der Waals surface area (Å²) in [5.74, 6) is 1.61. The fourth-order valence-electron chi connectivity index (χ4n) is 3.77. The van der Waals surface area contributed by atoms with E-state index in [0.29, 0.717) is 18.4 Å². The maximum Gasteiger partial charge on any atom is 0.229 e. The quantitative estimate of drug-likeness (QED) is 0.468. The van der Waals surface area contributed by atoms with Crippen molar-refractivity contribution in [2.24, 2.45) is 5.92 Å². The molecule has 29 heavy (non-hydrogen) atoms. The Bertz CT molecular complexity index is 956. The predicted molar refractivity (Wildman–Crippen MR) is 110 cm³/mol. The third-order valence-electron chi connectivity index (χ3n) is 5.46. The Balaban J connectivity index is 1.61. The van der Waals surface area contributed by atoms with E-state index in [2.05, 4.69) is 37.6 Å². The minimum atomic E-state index is 0.169. The van der Waals surface area contributed by atoms with Gasteiger partial charge in [-0.25, -0.2) is 9.97 Å². The Morgan fingerprint density at radius 3 is 2.72 bits per heavy atom. The lowest BCUT2D eigenvalue weighted by atomic mass is 9.85. The molecule has 0 saturated heterocycles. The van der Waals surface area contributed by atoms with Crippen molar-refractivity contribution in [2.45, 2.75) is 51.6 Å². The molecular weight excluding hydrogens is 370 g/mol. The van der Waals surface area contributed by atoms with Crippen LogP contribution in [0.5, 0.6) is 0 Å². The molecule has 3 heterocycles. The first-order chi connectivity index (χ1) is 14.2. The van der Waals surface area contributed by atoms with Gasteiger partial charge in [0, 0.05) is 48.6 Å². The number of aryl methyl sites for hydroxylation is 1. The molecule has 3 aromatic heterocycles. The van der Waals surface area contributed by atoms with E-state index in [9.17, 15) is 5.11 Å². The van der Waals surface area contributed by atoms with Crippen LogP contribution in [0.3, 0.4) is 0 Å². The van der Waals surface area contributed by atoms with Crippen molar-refractivity contribution in [1.29, 1.82) is 0 Å². The maximum absolute atomic E-state index is 9.72. The molecule has 1 aliphatic rings. The van der Waals surface area contributed by atoms with Crippen molar-refractivity contribution in [3.8, 4) is 0 Å². The molecule has 0 radical (unpaired) electrons. The van der Waals surface area contributed by atoms with Gasteiger partial charge in [-0.15, -0.1) is 0 Å². The van der Waals surface area contributed by atoms with Crippen LogP contribution in [-0.2, 0) is 13.0 Å². The van der Waals surface area contributed by atoms with Crippen LogP contribution >= 0.6 is 0 Å². The first-order valence-electron chi connectivity index (χ1n) is 10.1. The number of anilines is 3. The van der Waals surface area contributed by atoms with E-state index in [1.807, 2.05) is 6.20 Å². The largest absolute Gasteiger partial charge is 0.396 e. The molecule has 3 aromatic rings. The molecule has 0 unspecified atom stereocenters. The van der Waals surface area contributed by atoms with Crippen LogP contribution in [0.1, 0.15) is 43.7 Å². The summed E-state index contributed by atoms with van der Waals surface area (Å²) in [7, 11) is 0. The van der Waals surface area contributed by atoms with Crippen LogP contribution in [0.4, 0.5) is 17.8 Å². The first kappa shape index (κ1) is 19.3. The molecule has 0 spiro atoms. The second kappa shape index (κ2) is 8.56. The summed E-state index contributed by atoms with van der Waals surface area (Å²) in [6, 6.07) is 0.169. The molecular formula is C19H27N9O. The second-order valence-electron chi connectivity index (χ2n) is 7.41. The third kappa shape index (κ3) is 4.21. The molecule has 154 valence electrons. The lowest BCUT2D eigenvalue weighted by Gasteiger charge is -2.30. The zero-order valence-electron chi connectivity index (χ0n) is 16.5. The van der Waals surface area contributed by atoms with E-state index in [-0.39, 0.29) is 24.5 Å². The lowest BCUT2D eigenvalue weighted by Crippen LogP contribution is -2.35. The van der Waals surface area contributed by atoms with Gasteiger partial charge < -0.3 is 21.5 Å². The zero-order valence-corrected chi connectivity index (χ0v) is 16.5. The number of hydrogen-bond donors (Lipinski definition) is 4. The topological polar surface area (TPSA) is 139 Å². The van der Waals surface area contributed by atoms with Gasteiger partial charge >= 0.3 is 0 Å². The normalized spacial score (nSPS) is 19.4. The number of nitrogens with two attached hydrogens (primary N) is 1. The van der Waals surface area contributed by atoms with Crippen molar-refractivity contribution < 1.29 is 5.11 Å². The zero-order chi connectivity index (χ0) is 20.2. The summed E-state index contributed by atoms with van der Waals surface area (Å²) in [5, 5.41) is 20.9. The van der Waals surface area contributed by atoms with Crippen molar-refractivity contribution >= 4 is 23.5 Å². The van der Waals surface area contributed by atoms with E-state index in [1.165, 1.54) is 0 Å². The van der Waals surface area contributed by atoms with E-state index in [0.717, 1.165) is 48.9 Å². The van der Waals surface area contributed by atoms with E-state index >= 15 is 0 Å². The highest BCUT2D eigenvalue weighted by atomic mass is 16.3. The number of aliphatic hydroxyl groups is 1. The van der Waals surface area contributed by atoms with E-state index in [4.69, 9.17) is 10.7 Å². The number of fused-ring (bicyclic) bond motifs is 1. The number of nitrogens with zero attached hydrogens (tertiary/aromatic N) is 6. The van der Waals surface area contributed by atoms with E-state index < -0.39 is 0 Å². The second-order valence-corrected chi connectivity index (χ2v) is 7.41. The standard InChI is InChI=1S/C19H27N9O/c1-2-13-10-24-28-16(13)26-18(25-15-6-4-3-5-14(15)11-29)27-19(28)23-9-12-7-21-17(20)22-8-12/h7-8,10,14-15,29H,2-6,9,11H2,1H3,(H2,20,21,22)(H2,23,25,26,27)/t14-,15-/m0/s1. The SMILES string of the molecule is CCc1cnn2c(NCc3cnc(N)nc3)nc(N[C@H]3CCCC[C@H]3CO)nc12. The molecule has 0 aliphatic heterocycles. The van der Waals surface area contributed by atoms with Crippen molar-refractivity contribution in [3.05, 3.63) is 29.7 Å². The van der Waals surface area contributed by atoms with Crippen molar-refractivity contribution in [2.75, 3.05) is 23.0 Å². The van der Waals surface area contributed by atoms with Gasteiger partial charge in [-0.05, 0) is 19.3 Å². The minimum Gasteiger partial charge on any atom is -0.396 e. The number of aliphatic hydroxyl groups excluding tert-OH is 1. The average molecular weight is 397 g/mol. The van der Waals surface area contributed by atoms with Gasteiger partial charge in [-0.1, -0.05) is 19.8 Å². The van der Waals surface area contributed by atoms with Gasteiger partial charge in [-0.2, -0.15) is 19.6 Å². The number of nitrogen functional groups attached to an aromatic ring is 1. The highest BCUT2D eigenvalue weighted by Gasteiger charge is 2.25. The van der Waals surface area contributed by atoms with Crippen LogP contribution in [-0.4, -0.2) is 47.3 Å². The molecule has 0 aromatic carbocycles. The molecule has 1 fully saturated rings. The summed E-state index contributed by atoms with van der Waals surface area (Å²) in [6.45, 7) is 2.73. The minimum absolute atomic E-state index is 0.169. The number of nitrogens with one attached hydrogen (secondary N) is 2. The molecule has 10 nitrogen and oxygen atoms in total. The predicted octanol–water partition coefficient (Wildman–Crippen LogP) is 1.63.